The van der Waals surface area contributed by atoms with E-state index in [4.69, 9.17) is 10.5 Å². The van der Waals surface area contributed by atoms with Crippen LogP contribution in [0.1, 0.15) is 29.3 Å². The molecule has 114 valence electrons. The lowest BCUT2D eigenvalue weighted by molar-refractivity contribution is -0.122. The SMILES string of the molecule is COc1ccc(C(C)=O)cc1CN1C[C@H](O)C[C@H]1C(N)=O. The van der Waals surface area contributed by atoms with Crippen LogP contribution in [-0.4, -0.2) is 47.5 Å². The number of benzene rings is 1. The molecule has 6 nitrogen and oxygen atoms in total. The van der Waals surface area contributed by atoms with Crippen molar-refractivity contribution < 1.29 is 19.4 Å². The molecule has 0 radical (unpaired) electrons. The fourth-order valence-corrected chi connectivity index (χ4v) is 2.69. The van der Waals surface area contributed by atoms with Gasteiger partial charge in [-0.3, -0.25) is 14.5 Å². The van der Waals surface area contributed by atoms with Gasteiger partial charge >= 0.3 is 0 Å². The van der Waals surface area contributed by atoms with Crippen molar-refractivity contribution in [3.05, 3.63) is 29.3 Å². The van der Waals surface area contributed by atoms with Gasteiger partial charge in [0.05, 0.1) is 19.3 Å². The molecule has 0 bridgehead atoms. The van der Waals surface area contributed by atoms with E-state index >= 15 is 0 Å². The molecule has 3 N–H and O–H groups in total. The van der Waals surface area contributed by atoms with Crippen molar-refractivity contribution in [1.29, 1.82) is 0 Å². The Morgan fingerprint density at radius 3 is 2.76 bits per heavy atom. The molecule has 0 aromatic heterocycles. The summed E-state index contributed by atoms with van der Waals surface area (Å²) in [5, 5.41) is 9.73. The molecule has 1 saturated heterocycles. The number of primary amides is 1. The van der Waals surface area contributed by atoms with Crippen LogP contribution in [0.5, 0.6) is 5.75 Å². The van der Waals surface area contributed by atoms with E-state index in [9.17, 15) is 14.7 Å². The maximum atomic E-state index is 11.5. The van der Waals surface area contributed by atoms with E-state index < -0.39 is 18.1 Å². The predicted octanol–water partition coefficient (Wildman–Crippen LogP) is 0.318. The van der Waals surface area contributed by atoms with Gasteiger partial charge in [-0.15, -0.1) is 0 Å². The molecular weight excluding hydrogens is 272 g/mol. The Bertz CT molecular complexity index is 559. The summed E-state index contributed by atoms with van der Waals surface area (Å²) in [6, 6.07) is 4.70. The fraction of sp³-hybridized carbons (Fsp3) is 0.467. The Balaban J connectivity index is 2.27. The zero-order chi connectivity index (χ0) is 15.6. The van der Waals surface area contributed by atoms with E-state index in [1.807, 2.05) is 4.90 Å². The largest absolute Gasteiger partial charge is 0.496 e. The number of hydrogen-bond acceptors (Lipinski definition) is 5. The van der Waals surface area contributed by atoms with Crippen LogP contribution in [-0.2, 0) is 11.3 Å². The number of nitrogens with two attached hydrogens (primary N) is 1. The number of ether oxygens (including phenoxy) is 1. The van der Waals surface area contributed by atoms with Gasteiger partial charge in [0, 0.05) is 24.2 Å². The van der Waals surface area contributed by atoms with Gasteiger partial charge < -0.3 is 15.6 Å². The summed E-state index contributed by atoms with van der Waals surface area (Å²) in [7, 11) is 1.55. The van der Waals surface area contributed by atoms with E-state index in [2.05, 4.69) is 0 Å². The highest BCUT2D eigenvalue weighted by Gasteiger charge is 2.35. The Kier molecular flexibility index (Phi) is 4.59. The summed E-state index contributed by atoms with van der Waals surface area (Å²) >= 11 is 0. The molecule has 21 heavy (non-hydrogen) atoms. The molecule has 1 aromatic rings. The first-order valence-corrected chi connectivity index (χ1v) is 6.81. The minimum atomic E-state index is -0.565. The average molecular weight is 292 g/mol. The number of likely N-dealkylation sites (tertiary alicyclic amines) is 1. The topological polar surface area (TPSA) is 92.9 Å². The van der Waals surface area contributed by atoms with E-state index in [-0.39, 0.29) is 5.78 Å². The molecule has 1 aliphatic rings. The van der Waals surface area contributed by atoms with E-state index in [0.29, 0.717) is 30.8 Å². The van der Waals surface area contributed by atoms with Crippen molar-refractivity contribution in [3.63, 3.8) is 0 Å². The molecule has 6 heteroatoms. The molecule has 1 aliphatic heterocycles. The monoisotopic (exact) mass is 292 g/mol. The highest BCUT2D eigenvalue weighted by Crippen LogP contribution is 2.26. The molecule has 2 rings (SSSR count). The number of methoxy groups -OCH3 is 1. The van der Waals surface area contributed by atoms with Gasteiger partial charge in [-0.1, -0.05) is 0 Å². The number of hydrogen-bond donors (Lipinski definition) is 2. The number of carbonyl (C=O) groups is 2. The standard InChI is InChI=1S/C15H20N2O4/c1-9(18)10-3-4-14(21-2)11(5-10)7-17-8-12(19)6-13(17)15(16)20/h3-5,12-13,19H,6-8H2,1-2H3,(H2,16,20)/t12-,13+/m1/s1. The van der Waals surface area contributed by atoms with E-state index in [1.54, 1.807) is 25.3 Å². The van der Waals surface area contributed by atoms with Crippen LogP contribution in [0.2, 0.25) is 0 Å². The molecular formula is C15H20N2O4. The summed E-state index contributed by atoms with van der Waals surface area (Å²) in [4.78, 5) is 24.8. The second-order valence-electron chi connectivity index (χ2n) is 5.32. The second-order valence-corrected chi connectivity index (χ2v) is 5.32. The summed E-state index contributed by atoms with van der Waals surface area (Å²) in [5.41, 5.74) is 6.76. The number of ketones is 1. The number of β-amino-alcohol motifs (C(OH)–C–C–N with tert-alkyl or cyclic N) is 1. The Hall–Kier alpha value is -1.92. The number of Topliss-reactive ketones (excluding diaryl/α,β-unsaturated/α-hetero) is 1. The van der Waals surface area contributed by atoms with E-state index in [0.717, 1.165) is 5.56 Å². The summed E-state index contributed by atoms with van der Waals surface area (Å²) in [5.74, 6) is 0.157. The lowest BCUT2D eigenvalue weighted by Gasteiger charge is -2.22. The van der Waals surface area contributed by atoms with Crippen molar-refractivity contribution in [3.8, 4) is 5.75 Å². The molecule has 0 spiro atoms. The van der Waals surface area contributed by atoms with Gasteiger partial charge in [0.1, 0.15) is 5.75 Å². The maximum Gasteiger partial charge on any atom is 0.234 e. The summed E-state index contributed by atoms with van der Waals surface area (Å²) in [6.07, 6.45) is -0.228. The number of amides is 1. The molecule has 1 amide bonds. The first-order valence-electron chi connectivity index (χ1n) is 6.81. The van der Waals surface area contributed by atoms with Gasteiger partial charge in [0.2, 0.25) is 5.91 Å². The highest BCUT2D eigenvalue weighted by atomic mass is 16.5. The van der Waals surface area contributed by atoms with Crippen molar-refractivity contribution >= 4 is 11.7 Å². The fourth-order valence-electron chi connectivity index (χ4n) is 2.69. The van der Waals surface area contributed by atoms with Crippen LogP contribution in [0.25, 0.3) is 0 Å². The average Bonchev–Trinajstić information content (AvgIpc) is 2.79. The lowest BCUT2D eigenvalue weighted by Crippen LogP contribution is -2.39. The van der Waals surface area contributed by atoms with Crippen LogP contribution in [0.3, 0.4) is 0 Å². The van der Waals surface area contributed by atoms with E-state index in [1.165, 1.54) is 6.92 Å². The van der Waals surface area contributed by atoms with Gasteiger partial charge in [-0.25, -0.2) is 0 Å². The third-order valence-corrected chi connectivity index (χ3v) is 3.77. The Labute approximate surface area is 123 Å². The molecule has 1 heterocycles. The number of nitrogens with zero attached hydrogens (tertiary/aromatic N) is 1. The predicted molar refractivity (Wildman–Crippen MR) is 77.0 cm³/mol. The number of aliphatic hydroxyl groups is 1. The molecule has 0 unspecified atom stereocenters. The zero-order valence-corrected chi connectivity index (χ0v) is 12.2. The van der Waals surface area contributed by atoms with Gasteiger partial charge in [-0.05, 0) is 31.5 Å². The number of carbonyl (C=O) groups excluding carboxylic acids is 2. The van der Waals surface area contributed by atoms with Crippen LogP contribution in [0.15, 0.2) is 18.2 Å². The molecule has 0 aliphatic carbocycles. The molecule has 1 aromatic carbocycles. The third-order valence-electron chi connectivity index (χ3n) is 3.77. The van der Waals surface area contributed by atoms with Gasteiger partial charge in [-0.2, -0.15) is 0 Å². The Morgan fingerprint density at radius 1 is 1.48 bits per heavy atom. The number of aliphatic hydroxyl groups excluding tert-OH is 1. The highest BCUT2D eigenvalue weighted by molar-refractivity contribution is 5.94. The quantitative estimate of drug-likeness (QED) is 0.762. The van der Waals surface area contributed by atoms with Crippen molar-refractivity contribution in [2.45, 2.75) is 32.0 Å². The van der Waals surface area contributed by atoms with Crippen LogP contribution in [0.4, 0.5) is 0 Å². The van der Waals surface area contributed by atoms with Crippen LogP contribution in [0, 0.1) is 0 Å². The number of rotatable bonds is 5. The summed E-state index contributed by atoms with van der Waals surface area (Å²) in [6.45, 7) is 2.27. The minimum absolute atomic E-state index is 0.0354. The van der Waals surface area contributed by atoms with Gasteiger partial charge in [0.25, 0.3) is 0 Å². The smallest absolute Gasteiger partial charge is 0.234 e. The van der Waals surface area contributed by atoms with Crippen LogP contribution >= 0.6 is 0 Å². The molecule has 1 fully saturated rings. The van der Waals surface area contributed by atoms with Crippen molar-refractivity contribution in [1.82, 2.24) is 4.90 Å². The molecule has 2 atom stereocenters. The molecule has 0 saturated carbocycles. The zero-order valence-electron chi connectivity index (χ0n) is 12.2. The Morgan fingerprint density at radius 2 is 2.19 bits per heavy atom. The van der Waals surface area contributed by atoms with Crippen LogP contribution < -0.4 is 10.5 Å². The normalized spacial score (nSPS) is 22.2. The minimum Gasteiger partial charge on any atom is -0.496 e. The van der Waals surface area contributed by atoms with Crippen molar-refractivity contribution in [2.75, 3.05) is 13.7 Å². The van der Waals surface area contributed by atoms with Gasteiger partial charge in [0.15, 0.2) is 5.78 Å². The first kappa shape index (κ1) is 15.5. The lowest BCUT2D eigenvalue weighted by atomic mass is 10.1. The van der Waals surface area contributed by atoms with Crippen molar-refractivity contribution in [2.24, 2.45) is 5.73 Å². The second kappa shape index (κ2) is 6.24. The third kappa shape index (κ3) is 3.40. The first-order chi connectivity index (χ1) is 9.92. The maximum absolute atomic E-state index is 11.5. The summed E-state index contributed by atoms with van der Waals surface area (Å²) < 4.78 is 5.30.